The average Bonchev–Trinajstić information content (AvgIpc) is 2.64. The van der Waals surface area contributed by atoms with Crippen LogP contribution in [0.15, 0.2) is 52.3 Å². The van der Waals surface area contributed by atoms with Gasteiger partial charge in [-0.1, -0.05) is 41.6 Å². The number of hydrogen-bond acceptors (Lipinski definition) is 3. The largest absolute Gasteiger partial charge is 0.366 e. The second kappa shape index (κ2) is 8.43. The summed E-state index contributed by atoms with van der Waals surface area (Å²) in [7, 11) is 4.25. The first-order chi connectivity index (χ1) is 10.6. The predicted octanol–water partition coefficient (Wildman–Crippen LogP) is 5.34. The molecule has 0 unspecified atom stereocenters. The number of halogens is 2. The lowest BCUT2D eigenvalue weighted by Crippen LogP contribution is -2.26. The van der Waals surface area contributed by atoms with E-state index in [4.69, 9.17) is 11.6 Å². The lowest BCUT2D eigenvalue weighted by Gasteiger charge is -2.26. The maximum atomic E-state index is 6.25. The highest BCUT2D eigenvalue weighted by Crippen LogP contribution is 2.42. The van der Waals surface area contributed by atoms with Crippen LogP contribution in [-0.4, -0.2) is 32.1 Å². The van der Waals surface area contributed by atoms with E-state index < -0.39 is 0 Å². The minimum Gasteiger partial charge on any atom is -0.366 e. The molecule has 0 saturated carbocycles. The van der Waals surface area contributed by atoms with Crippen LogP contribution in [0.25, 0.3) is 0 Å². The Labute approximate surface area is 158 Å². The van der Waals surface area contributed by atoms with Gasteiger partial charge in [-0.15, -0.1) is 17.0 Å². The number of rotatable bonds is 4. The van der Waals surface area contributed by atoms with Crippen molar-refractivity contribution < 1.29 is 0 Å². The molecule has 0 bridgehead atoms. The minimum atomic E-state index is 0. The molecule has 23 heavy (non-hydrogen) atoms. The second-order valence-corrected chi connectivity index (χ2v) is 7.42. The van der Waals surface area contributed by atoms with Crippen molar-refractivity contribution in [2.24, 2.45) is 0 Å². The normalized spacial score (nSPS) is 13.1. The van der Waals surface area contributed by atoms with Crippen molar-refractivity contribution in [3.05, 3.63) is 53.1 Å². The molecular weight excluding hydrogens is 392 g/mol. The summed E-state index contributed by atoms with van der Waals surface area (Å²) in [4.78, 5) is 7.34. The molecule has 2 nitrogen and oxygen atoms in total. The molecule has 1 heterocycles. The molecule has 0 amide bonds. The topological polar surface area (TPSA) is 6.48 Å². The van der Waals surface area contributed by atoms with Crippen LogP contribution in [0, 0.1) is 0 Å². The number of nitrogens with zero attached hydrogens (tertiary/aromatic N) is 2. The molecule has 0 saturated heterocycles. The lowest BCUT2D eigenvalue weighted by molar-refractivity contribution is 0.400. The van der Waals surface area contributed by atoms with Gasteiger partial charge in [-0.2, -0.15) is 0 Å². The fourth-order valence-electron chi connectivity index (χ4n) is 2.74. The third-order valence-electron chi connectivity index (χ3n) is 3.85. The summed E-state index contributed by atoms with van der Waals surface area (Å²) in [6.45, 7) is 3.09. The zero-order valence-electron chi connectivity index (χ0n) is 13.5. The first-order valence-corrected chi connectivity index (χ1v) is 8.78. The average molecular weight is 414 g/mol. The Morgan fingerprint density at radius 1 is 1.13 bits per heavy atom. The van der Waals surface area contributed by atoms with E-state index in [1.165, 1.54) is 21.0 Å². The number of benzene rings is 2. The second-order valence-electron chi connectivity index (χ2n) is 5.90. The first kappa shape index (κ1) is 18.7. The Morgan fingerprint density at radius 2 is 1.91 bits per heavy atom. The summed E-state index contributed by atoms with van der Waals surface area (Å²) < 4.78 is 0. The summed E-state index contributed by atoms with van der Waals surface area (Å²) in [5.41, 5.74) is 2.65. The van der Waals surface area contributed by atoms with Crippen molar-refractivity contribution in [1.82, 2.24) is 4.90 Å². The minimum absolute atomic E-state index is 0. The highest BCUT2D eigenvalue weighted by Gasteiger charge is 2.19. The molecule has 0 radical (unpaired) electrons. The molecule has 3 rings (SSSR count). The van der Waals surface area contributed by atoms with Crippen LogP contribution < -0.4 is 4.90 Å². The Hall–Kier alpha value is -0.680. The van der Waals surface area contributed by atoms with Gasteiger partial charge in [-0.3, -0.25) is 0 Å². The summed E-state index contributed by atoms with van der Waals surface area (Å²) >= 11 is 8.09. The monoisotopic (exact) mass is 412 g/mol. The Bertz CT molecular complexity index is 663. The number of anilines is 1. The maximum Gasteiger partial charge on any atom is 0.0526 e. The highest BCUT2D eigenvalue weighted by atomic mass is 79.9. The smallest absolute Gasteiger partial charge is 0.0526 e. The van der Waals surface area contributed by atoms with E-state index in [-0.39, 0.29) is 17.0 Å². The van der Waals surface area contributed by atoms with Crippen LogP contribution in [0.5, 0.6) is 0 Å². The molecule has 2 aromatic carbocycles. The highest BCUT2D eigenvalue weighted by molar-refractivity contribution is 8.93. The van der Waals surface area contributed by atoms with E-state index in [0.717, 1.165) is 31.1 Å². The Morgan fingerprint density at radius 3 is 2.70 bits per heavy atom. The Kier molecular flexibility index (Phi) is 6.84. The standard InChI is InChI=1S/C18H21ClN2S.BrH/c1-20(2)10-5-11-21-13-14-6-3-4-7-17(14)22-18-9-8-15(19)12-16(18)21;/h3-4,6-9,12H,5,10-11,13H2,1-2H3;1H. The van der Waals surface area contributed by atoms with E-state index in [2.05, 4.69) is 60.3 Å². The third-order valence-corrected chi connectivity index (χ3v) is 5.27. The molecule has 2 aromatic rings. The van der Waals surface area contributed by atoms with Crippen LogP contribution in [0.3, 0.4) is 0 Å². The van der Waals surface area contributed by atoms with Crippen LogP contribution in [0.2, 0.25) is 5.02 Å². The van der Waals surface area contributed by atoms with Crippen molar-refractivity contribution in [3.8, 4) is 0 Å². The van der Waals surface area contributed by atoms with Gasteiger partial charge in [0, 0.05) is 27.9 Å². The van der Waals surface area contributed by atoms with E-state index in [1.54, 1.807) is 0 Å². The molecule has 0 fully saturated rings. The van der Waals surface area contributed by atoms with Gasteiger partial charge in [0.15, 0.2) is 0 Å². The third kappa shape index (κ3) is 4.66. The number of hydrogen-bond donors (Lipinski definition) is 0. The fourth-order valence-corrected chi connectivity index (χ4v) is 3.99. The maximum absolute atomic E-state index is 6.25. The van der Waals surface area contributed by atoms with Gasteiger partial charge in [0.1, 0.15) is 0 Å². The van der Waals surface area contributed by atoms with Crippen LogP contribution >= 0.6 is 40.3 Å². The van der Waals surface area contributed by atoms with Crippen molar-refractivity contribution in [2.75, 3.05) is 32.1 Å². The zero-order chi connectivity index (χ0) is 15.5. The summed E-state index contributed by atoms with van der Waals surface area (Å²) in [5.74, 6) is 0. The zero-order valence-corrected chi connectivity index (χ0v) is 16.7. The first-order valence-electron chi connectivity index (χ1n) is 7.58. The number of fused-ring (bicyclic) bond motifs is 2. The summed E-state index contributed by atoms with van der Waals surface area (Å²) in [5, 5.41) is 0.808. The molecule has 124 valence electrons. The summed E-state index contributed by atoms with van der Waals surface area (Å²) in [6.07, 6.45) is 1.14. The van der Waals surface area contributed by atoms with E-state index >= 15 is 0 Å². The lowest BCUT2D eigenvalue weighted by atomic mass is 10.2. The van der Waals surface area contributed by atoms with Crippen LogP contribution in [-0.2, 0) is 6.54 Å². The fraction of sp³-hybridized carbons (Fsp3) is 0.333. The van der Waals surface area contributed by atoms with Crippen molar-refractivity contribution >= 4 is 46.0 Å². The van der Waals surface area contributed by atoms with E-state index in [0.29, 0.717) is 0 Å². The molecule has 0 aliphatic carbocycles. The molecular formula is C18H22BrClN2S. The van der Waals surface area contributed by atoms with E-state index in [9.17, 15) is 0 Å². The van der Waals surface area contributed by atoms with Gasteiger partial charge < -0.3 is 9.80 Å². The molecule has 0 atom stereocenters. The van der Waals surface area contributed by atoms with Crippen LogP contribution in [0.4, 0.5) is 5.69 Å². The van der Waals surface area contributed by atoms with Gasteiger partial charge in [0.05, 0.1) is 5.69 Å². The van der Waals surface area contributed by atoms with Gasteiger partial charge in [-0.25, -0.2) is 0 Å². The van der Waals surface area contributed by atoms with Gasteiger partial charge >= 0.3 is 0 Å². The predicted molar refractivity (Wildman–Crippen MR) is 107 cm³/mol. The summed E-state index contributed by atoms with van der Waals surface area (Å²) in [6, 6.07) is 14.9. The molecule has 5 heteroatoms. The van der Waals surface area contributed by atoms with Gasteiger partial charge in [-0.05, 0) is 56.9 Å². The SMILES string of the molecule is Br.CN(C)CCCN1Cc2ccccc2Sc2ccc(Cl)cc21. The van der Waals surface area contributed by atoms with E-state index in [1.807, 2.05) is 17.8 Å². The molecule has 1 aliphatic heterocycles. The van der Waals surface area contributed by atoms with Gasteiger partial charge in [0.2, 0.25) is 0 Å². The quantitative estimate of drug-likeness (QED) is 0.668. The van der Waals surface area contributed by atoms with Crippen LogP contribution in [0.1, 0.15) is 12.0 Å². The van der Waals surface area contributed by atoms with Crippen molar-refractivity contribution in [1.29, 1.82) is 0 Å². The molecule has 0 aromatic heterocycles. The van der Waals surface area contributed by atoms with Crippen molar-refractivity contribution in [2.45, 2.75) is 22.8 Å². The Balaban J connectivity index is 0.00000192. The van der Waals surface area contributed by atoms with Gasteiger partial charge in [0.25, 0.3) is 0 Å². The molecule has 0 spiro atoms. The molecule has 1 aliphatic rings. The van der Waals surface area contributed by atoms with Crippen molar-refractivity contribution in [3.63, 3.8) is 0 Å². The molecule has 0 N–H and O–H groups in total.